The van der Waals surface area contributed by atoms with E-state index in [0.29, 0.717) is 6.54 Å². The number of aromatic amines is 1. The largest absolute Gasteiger partial charge is 0.326 e. The minimum Gasteiger partial charge on any atom is -0.326 e. The van der Waals surface area contributed by atoms with E-state index < -0.39 is 0 Å². The number of hydrogen-bond acceptors (Lipinski definition) is 3. The SMILES string of the molecule is Cl.Cl.NCc1cccc2n[nH]nc12. The first-order valence-electron chi connectivity index (χ1n) is 3.40. The van der Waals surface area contributed by atoms with Crippen LogP contribution >= 0.6 is 24.8 Å². The van der Waals surface area contributed by atoms with E-state index in [0.717, 1.165) is 16.6 Å². The molecular formula is C7H10Cl2N4. The Morgan fingerprint density at radius 3 is 2.69 bits per heavy atom. The van der Waals surface area contributed by atoms with Crippen molar-refractivity contribution in [2.75, 3.05) is 0 Å². The number of aromatic nitrogens is 3. The van der Waals surface area contributed by atoms with Gasteiger partial charge in [-0.15, -0.1) is 24.8 Å². The lowest BCUT2D eigenvalue weighted by atomic mass is 10.2. The molecule has 6 heteroatoms. The zero-order chi connectivity index (χ0) is 7.68. The van der Waals surface area contributed by atoms with Gasteiger partial charge in [0.15, 0.2) is 0 Å². The molecule has 0 aliphatic carbocycles. The standard InChI is InChI=1S/C7H8N4.2ClH/c8-4-5-2-1-3-6-7(5)10-11-9-6;;/h1-3H,4,8H2,(H,9,10,11);2*1H. The van der Waals surface area contributed by atoms with Gasteiger partial charge in [0.2, 0.25) is 0 Å². The maximum absolute atomic E-state index is 5.49. The van der Waals surface area contributed by atoms with Crippen LogP contribution in [0.15, 0.2) is 18.2 Å². The first-order valence-corrected chi connectivity index (χ1v) is 3.40. The quantitative estimate of drug-likeness (QED) is 0.761. The number of benzene rings is 1. The van der Waals surface area contributed by atoms with Crippen LogP contribution in [0.25, 0.3) is 11.0 Å². The van der Waals surface area contributed by atoms with Gasteiger partial charge in [-0.3, -0.25) is 0 Å². The first kappa shape index (κ1) is 12.2. The van der Waals surface area contributed by atoms with E-state index >= 15 is 0 Å². The Hall–Kier alpha value is -0.840. The highest BCUT2D eigenvalue weighted by atomic mass is 35.5. The molecule has 0 spiro atoms. The van der Waals surface area contributed by atoms with Crippen molar-refractivity contribution in [1.82, 2.24) is 15.4 Å². The fourth-order valence-corrected chi connectivity index (χ4v) is 1.09. The Morgan fingerprint density at radius 2 is 2.00 bits per heavy atom. The number of para-hydroxylation sites is 1. The fourth-order valence-electron chi connectivity index (χ4n) is 1.09. The molecule has 0 bridgehead atoms. The van der Waals surface area contributed by atoms with Crippen LogP contribution < -0.4 is 5.73 Å². The second kappa shape index (κ2) is 5.01. The molecule has 0 saturated heterocycles. The van der Waals surface area contributed by atoms with Crippen molar-refractivity contribution >= 4 is 35.8 Å². The van der Waals surface area contributed by atoms with E-state index in [-0.39, 0.29) is 24.8 Å². The smallest absolute Gasteiger partial charge is 0.117 e. The van der Waals surface area contributed by atoms with Crippen LogP contribution in [0.4, 0.5) is 0 Å². The van der Waals surface area contributed by atoms with Gasteiger partial charge in [-0.2, -0.15) is 15.4 Å². The van der Waals surface area contributed by atoms with Gasteiger partial charge in [0.05, 0.1) is 0 Å². The van der Waals surface area contributed by atoms with Crippen molar-refractivity contribution < 1.29 is 0 Å². The van der Waals surface area contributed by atoms with Gasteiger partial charge in [0.1, 0.15) is 11.0 Å². The van der Waals surface area contributed by atoms with E-state index in [1.54, 1.807) is 0 Å². The minimum atomic E-state index is 0. The third kappa shape index (κ3) is 2.09. The highest BCUT2D eigenvalue weighted by Crippen LogP contribution is 2.11. The molecule has 2 rings (SSSR count). The molecule has 13 heavy (non-hydrogen) atoms. The Balaban J connectivity index is 0.000000720. The second-order valence-corrected chi connectivity index (χ2v) is 2.31. The van der Waals surface area contributed by atoms with Gasteiger partial charge in [-0.05, 0) is 11.6 Å². The highest BCUT2D eigenvalue weighted by Gasteiger charge is 2.00. The van der Waals surface area contributed by atoms with Crippen LogP contribution in [-0.2, 0) is 6.54 Å². The molecule has 1 aromatic carbocycles. The predicted octanol–water partition coefficient (Wildman–Crippen LogP) is 1.26. The van der Waals surface area contributed by atoms with E-state index in [1.807, 2.05) is 18.2 Å². The highest BCUT2D eigenvalue weighted by molar-refractivity contribution is 5.85. The Labute approximate surface area is 87.7 Å². The molecule has 1 aromatic heterocycles. The fraction of sp³-hybridized carbons (Fsp3) is 0.143. The third-order valence-corrected chi connectivity index (χ3v) is 1.65. The monoisotopic (exact) mass is 220 g/mol. The normalized spacial score (nSPS) is 9.00. The van der Waals surface area contributed by atoms with Gasteiger partial charge >= 0.3 is 0 Å². The van der Waals surface area contributed by atoms with Crippen LogP contribution in [0.5, 0.6) is 0 Å². The predicted molar refractivity (Wildman–Crippen MR) is 56.3 cm³/mol. The van der Waals surface area contributed by atoms with Crippen molar-refractivity contribution in [3.63, 3.8) is 0 Å². The van der Waals surface area contributed by atoms with Gasteiger partial charge in [0, 0.05) is 6.54 Å². The number of H-pyrrole nitrogens is 1. The minimum absolute atomic E-state index is 0. The maximum Gasteiger partial charge on any atom is 0.117 e. The zero-order valence-electron chi connectivity index (χ0n) is 6.73. The molecule has 0 radical (unpaired) electrons. The van der Waals surface area contributed by atoms with Gasteiger partial charge in [0.25, 0.3) is 0 Å². The zero-order valence-corrected chi connectivity index (χ0v) is 8.36. The first-order chi connectivity index (χ1) is 5.42. The lowest BCUT2D eigenvalue weighted by Gasteiger charge is -1.93. The van der Waals surface area contributed by atoms with Crippen LogP contribution in [0.1, 0.15) is 5.56 Å². The maximum atomic E-state index is 5.49. The lowest BCUT2D eigenvalue weighted by Crippen LogP contribution is -1.96. The molecule has 1 heterocycles. The number of halogens is 2. The second-order valence-electron chi connectivity index (χ2n) is 2.31. The molecule has 0 aliphatic heterocycles. The molecule has 2 aromatic rings. The van der Waals surface area contributed by atoms with Crippen LogP contribution in [0, 0.1) is 0 Å². The van der Waals surface area contributed by atoms with Crippen LogP contribution in [0.3, 0.4) is 0 Å². The average Bonchev–Trinajstić information content (AvgIpc) is 2.50. The molecular weight excluding hydrogens is 211 g/mol. The van der Waals surface area contributed by atoms with E-state index in [4.69, 9.17) is 5.73 Å². The van der Waals surface area contributed by atoms with Crippen molar-refractivity contribution in [2.45, 2.75) is 6.54 Å². The van der Waals surface area contributed by atoms with Crippen molar-refractivity contribution in [3.8, 4) is 0 Å². The Bertz CT molecular complexity index is 373. The Morgan fingerprint density at radius 1 is 1.23 bits per heavy atom. The summed E-state index contributed by atoms with van der Waals surface area (Å²) >= 11 is 0. The molecule has 0 amide bonds. The number of fused-ring (bicyclic) bond motifs is 1. The number of nitrogens with one attached hydrogen (secondary N) is 1. The summed E-state index contributed by atoms with van der Waals surface area (Å²) in [5.41, 5.74) is 8.26. The third-order valence-electron chi connectivity index (χ3n) is 1.65. The summed E-state index contributed by atoms with van der Waals surface area (Å²) in [4.78, 5) is 0. The van der Waals surface area contributed by atoms with Crippen LogP contribution in [-0.4, -0.2) is 15.4 Å². The molecule has 0 saturated carbocycles. The molecule has 0 aliphatic rings. The molecule has 3 N–H and O–H groups in total. The van der Waals surface area contributed by atoms with Gasteiger partial charge in [-0.25, -0.2) is 0 Å². The number of nitrogens with zero attached hydrogens (tertiary/aromatic N) is 2. The molecule has 4 nitrogen and oxygen atoms in total. The molecule has 72 valence electrons. The number of hydrogen-bond donors (Lipinski definition) is 2. The summed E-state index contributed by atoms with van der Waals surface area (Å²) in [5, 5.41) is 10.5. The number of rotatable bonds is 1. The summed E-state index contributed by atoms with van der Waals surface area (Å²) in [6.45, 7) is 0.504. The lowest BCUT2D eigenvalue weighted by molar-refractivity contribution is 0.954. The van der Waals surface area contributed by atoms with Crippen LogP contribution in [0.2, 0.25) is 0 Å². The van der Waals surface area contributed by atoms with Crippen molar-refractivity contribution in [3.05, 3.63) is 23.8 Å². The van der Waals surface area contributed by atoms with E-state index in [2.05, 4.69) is 15.4 Å². The Kier molecular flexibility index (Phi) is 4.69. The summed E-state index contributed by atoms with van der Waals surface area (Å²) < 4.78 is 0. The van der Waals surface area contributed by atoms with Gasteiger partial charge in [-0.1, -0.05) is 12.1 Å². The average molecular weight is 221 g/mol. The molecule has 0 fully saturated rings. The van der Waals surface area contributed by atoms with Gasteiger partial charge < -0.3 is 5.73 Å². The summed E-state index contributed by atoms with van der Waals surface area (Å²) in [6, 6.07) is 5.77. The van der Waals surface area contributed by atoms with Crippen molar-refractivity contribution in [1.29, 1.82) is 0 Å². The topological polar surface area (TPSA) is 67.6 Å². The molecule has 0 atom stereocenters. The van der Waals surface area contributed by atoms with Crippen molar-refractivity contribution in [2.24, 2.45) is 5.73 Å². The number of nitrogens with two attached hydrogens (primary N) is 1. The van der Waals surface area contributed by atoms with E-state index in [9.17, 15) is 0 Å². The molecule has 0 unspecified atom stereocenters. The van der Waals surface area contributed by atoms with E-state index in [1.165, 1.54) is 0 Å². The summed E-state index contributed by atoms with van der Waals surface area (Å²) in [5.74, 6) is 0. The summed E-state index contributed by atoms with van der Waals surface area (Å²) in [6.07, 6.45) is 0. The summed E-state index contributed by atoms with van der Waals surface area (Å²) in [7, 11) is 0.